The zero-order valence-corrected chi connectivity index (χ0v) is 9.72. The molecule has 1 unspecified atom stereocenters. The van der Waals surface area contributed by atoms with Crippen LogP contribution in [-0.2, 0) is 6.42 Å². The fourth-order valence-electron chi connectivity index (χ4n) is 1.23. The molecule has 78 valence electrons. The monoisotopic (exact) mass is 260 g/mol. The van der Waals surface area contributed by atoms with Gasteiger partial charge in [0.05, 0.1) is 0 Å². The molecule has 1 atom stereocenters. The first-order valence-electron chi connectivity index (χ1n) is 4.68. The van der Waals surface area contributed by atoms with E-state index in [2.05, 4.69) is 15.9 Å². The third-order valence-electron chi connectivity index (χ3n) is 2.23. The topological polar surface area (TPSA) is 20.2 Å². The van der Waals surface area contributed by atoms with Crippen LogP contribution in [0.15, 0.2) is 22.7 Å². The molecule has 0 aliphatic carbocycles. The van der Waals surface area contributed by atoms with Gasteiger partial charge in [-0.2, -0.15) is 0 Å². The first kappa shape index (κ1) is 11.7. The zero-order chi connectivity index (χ0) is 10.6. The van der Waals surface area contributed by atoms with Crippen molar-refractivity contribution in [3.05, 3.63) is 34.1 Å². The number of hydrogen-bond donors (Lipinski definition) is 1. The number of aryl methyl sites for hydroxylation is 1. The normalized spacial score (nSPS) is 12.9. The summed E-state index contributed by atoms with van der Waals surface area (Å²) in [6.07, 6.45) is 1.67. The van der Waals surface area contributed by atoms with Gasteiger partial charge in [0.1, 0.15) is 5.82 Å². The molecule has 14 heavy (non-hydrogen) atoms. The molecule has 0 bridgehead atoms. The van der Waals surface area contributed by atoms with Crippen LogP contribution < -0.4 is 0 Å². The van der Waals surface area contributed by atoms with E-state index in [1.54, 1.807) is 6.07 Å². The minimum Gasteiger partial charge on any atom is -0.396 e. The molecule has 0 saturated heterocycles. The lowest BCUT2D eigenvalue weighted by molar-refractivity contribution is 0.230. The highest BCUT2D eigenvalue weighted by Crippen LogP contribution is 2.20. The lowest BCUT2D eigenvalue weighted by Crippen LogP contribution is -2.02. The standard InChI is InChI=1S/C11H14BrFO/c1-8(7-14)2-3-9-6-10(13)4-5-11(9)12/h4-6,8,14H,2-3,7H2,1H3. The summed E-state index contributed by atoms with van der Waals surface area (Å²) in [5, 5.41) is 8.85. The molecule has 3 heteroatoms. The number of aliphatic hydroxyl groups excluding tert-OH is 1. The van der Waals surface area contributed by atoms with Gasteiger partial charge in [-0.3, -0.25) is 0 Å². The molecular formula is C11H14BrFO. The Hall–Kier alpha value is -0.410. The predicted octanol–water partition coefficient (Wildman–Crippen LogP) is 3.15. The Kier molecular flexibility index (Phi) is 4.55. The van der Waals surface area contributed by atoms with Gasteiger partial charge in [0.2, 0.25) is 0 Å². The van der Waals surface area contributed by atoms with E-state index in [9.17, 15) is 4.39 Å². The van der Waals surface area contributed by atoms with Crippen LogP contribution in [0.1, 0.15) is 18.9 Å². The maximum Gasteiger partial charge on any atom is 0.123 e. The number of hydrogen-bond acceptors (Lipinski definition) is 1. The van der Waals surface area contributed by atoms with E-state index in [0.29, 0.717) is 0 Å². The number of aliphatic hydroxyl groups is 1. The van der Waals surface area contributed by atoms with Gasteiger partial charge in [0.15, 0.2) is 0 Å². The maximum absolute atomic E-state index is 12.9. The minimum absolute atomic E-state index is 0.187. The van der Waals surface area contributed by atoms with E-state index in [4.69, 9.17) is 5.11 Å². The van der Waals surface area contributed by atoms with Crippen LogP contribution in [0.4, 0.5) is 4.39 Å². The molecule has 1 nitrogen and oxygen atoms in total. The van der Waals surface area contributed by atoms with Crippen LogP contribution in [-0.4, -0.2) is 11.7 Å². The molecule has 0 saturated carbocycles. The van der Waals surface area contributed by atoms with Crippen molar-refractivity contribution >= 4 is 15.9 Å². The third-order valence-corrected chi connectivity index (χ3v) is 3.00. The summed E-state index contributed by atoms with van der Waals surface area (Å²) >= 11 is 3.37. The summed E-state index contributed by atoms with van der Waals surface area (Å²) in [6.45, 7) is 2.17. The molecule has 0 spiro atoms. The van der Waals surface area contributed by atoms with Crippen molar-refractivity contribution in [3.8, 4) is 0 Å². The van der Waals surface area contributed by atoms with Gasteiger partial charge < -0.3 is 5.11 Å². The van der Waals surface area contributed by atoms with Crippen molar-refractivity contribution in [1.29, 1.82) is 0 Å². The van der Waals surface area contributed by atoms with Crippen LogP contribution in [0.5, 0.6) is 0 Å². The van der Waals surface area contributed by atoms with E-state index in [-0.39, 0.29) is 18.3 Å². The van der Waals surface area contributed by atoms with Gasteiger partial charge in [-0.05, 0) is 42.5 Å². The molecule has 0 radical (unpaired) electrons. The molecule has 1 rings (SSSR count). The van der Waals surface area contributed by atoms with Gasteiger partial charge in [0, 0.05) is 11.1 Å². The molecular weight excluding hydrogens is 247 g/mol. The van der Waals surface area contributed by atoms with Crippen molar-refractivity contribution < 1.29 is 9.50 Å². The van der Waals surface area contributed by atoms with Gasteiger partial charge >= 0.3 is 0 Å². The fourth-order valence-corrected chi connectivity index (χ4v) is 1.67. The summed E-state index contributed by atoms with van der Waals surface area (Å²) in [6, 6.07) is 4.69. The van der Waals surface area contributed by atoms with Crippen molar-refractivity contribution in [3.63, 3.8) is 0 Å². The molecule has 1 aromatic carbocycles. The molecule has 1 aromatic rings. The number of halogens is 2. The highest BCUT2D eigenvalue weighted by Gasteiger charge is 2.05. The fraction of sp³-hybridized carbons (Fsp3) is 0.455. The Morgan fingerprint density at radius 1 is 1.50 bits per heavy atom. The highest BCUT2D eigenvalue weighted by atomic mass is 79.9. The molecule has 1 N–H and O–H groups in total. The van der Waals surface area contributed by atoms with Crippen LogP contribution >= 0.6 is 15.9 Å². The second-order valence-electron chi connectivity index (χ2n) is 3.56. The van der Waals surface area contributed by atoms with Crippen LogP contribution in [0.3, 0.4) is 0 Å². The van der Waals surface area contributed by atoms with Gasteiger partial charge in [0.25, 0.3) is 0 Å². The van der Waals surface area contributed by atoms with Crippen molar-refractivity contribution in [2.75, 3.05) is 6.61 Å². The Labute approximate surface area is 92.1 Å². The average Bonchev–Trinajstić information content (AvgIpc) is 2.19. The van der Waals surface area contributed by atoms with E-state index in [1.165, 1.54) is 12.1 Å². The average molecular weight is 261 g/mol. The van der Waals surface area contributed by atoms with Gasteiger partial charge in [-0.25, -0.2) is 4.39 Å². The summed E-state index contributed by atoms with van der Waals surface area (Å²) in [5.74, 6) is 0.0602. The summed E-state index contributed by atoms with van der Waals surface area (Å²) < 4.78 is 13.8. The van der Waals surface area contributed by atoms with Gasteiger partial charge in [-0.15, -0.1) is 0 Å². The van der Waals surface area contributed by atoms with Crippen molar-refractivity contribution in [1.82, 2.24) is 0 Å². The minimum atomic E-state index is -0.208. The SMILES string of the molecule is CC(CO)CCc1cc(F)ccc1Br. The lowest BCUT2D eigenvalue weighted by Gasteiger charge is -2.08. The quantitative estimate of drug-likeness (QED) is 0.882. The molecule has 0 heterocycles. The Balaban J connectivity index is 2.62. The second-order valence-corrected chi connectivity index (χ2v) is 4.42. The molecule has 0 aliphatic rings. The summed E-state index contributed by atoms with van der Waals surface area (Å²) in [7, 11) is 0. The molecule has 0 aromatic heterocycles. The van der Waals surface area contributed by atoms with Crippen LogP contribution in [0, 0.1) is 11.7 Å². The van der Waals surface area contributed by atoms with E-state index in [1.807, 2.05) is 6.92 Å². The van der Waals surface area contributed by atoms with E-state index >= 15 is 0 Å². The number of rotatable bonds is 4. The lowest BCUT2D eigenvalue weighted by atomic mass is 10.0. The zero-order valence-electron chi connectivity index (χ0n) is 8.13. The first-order chi connectivity index (χ1) is 6.63. The van der Waals surface area contributed by atoms with E-state index in [0.717, 1.165) is 22.9 Å². The van der Waals surface area contributed by atoms with Crippen LogP contribution in [0.2, 0.25) is 0 Å². The molecule has 0 aliphatic heterocycles. The molecule has 0 amide bonds. The Morgan fingerprint density at radius 3 is 2.86 bits per heavy atom. The highest BCUT2D eigenvalue weighted by molar-refractivity contribution is 9.10. The van der Waals surface area contributed by atoms with Crippen molar-refractivity contribution in [2.24, 2.45) is 5.92 Å². The van der Waals surface area contributed by atoms with Crippen molar-refractivity contribution in [2.45, 2.75) is 19.8 Å². The second kappa shape index (κ2) is 5.47. The van der Waals surface area contributed by atoms with Gasteiger partial charge in [-0.1, -0.05) is 22.9 Å². The first-order valence-corrected chi connectivity index (χ1v) is 5.47. The van der Waals surface area contributed by atoms with E-state index < -0.39 is 0 Å². The summed E-state index contributed by atoms with van der Waals surface area (Å²) in [4.78, 5) is 0. The smallest absolute Gasteiger partial charge is 0.123 e. The largest absolute Gasteiger partial charge is 0.396 e. The maximum atomic E-state index is 12.9. The Morgan fingerprint density at radius 2 is 2.21 bits per heavy atom. The Bertz CT molecular complexity index is 301. The molecule has 0 fully saturated rings. The third kappa shape index (κ3) is 3.39. The van der Waals surface area contributed by atoms with Crippen LogP contribution in [0.25, 0.3) is 0 Å². The number of benzene rings is 1. The predicted molar refractivity (Wildman–Crippen MR) is 58.7 cm³/mol. The summed E-state index contributed by atoms with van der Waals surface area (Å²) in [5.41, 5.74) is 0.963.